The molecule has 3 nitrogen and oxygen atoms in total. The molecule has 0 unspecified atom stereocenters. The highest BCUT2D eigenvalue weighted by Gasteiger charge is 2.07. The van der Waals surface area contributed by atoms with Gasteiger partial charge in [-0.15, -0.1) is 0 Å². The zero-order valence-electron chi connectivity index (χ0n) is 13.0. The Morgan fingerprint density at radius 1 is 1.09 bits per heavy atom. The van der Waals surface area contributed by atoms with Gasteiger partial charge in [0.1, 0.15) is 12.4 Å². The predicted molar refractivity (Wildman–Crippen MR) is 87.7 cm³/mol. The van der Waals surface area contributed by atoms with E-state index >= 15 is 0 Å². The molecular weight excluding hydrogens is 300 g/mol. The number of benzene rings is 2. The first-order chi connectivity index (χ1) is 10.5. The van der Waals surface area contributed by atoms with Gasteiger partial charge in [-0.05, 0) is 61.7 Å². The van der Waals surface area contributed by atoms with Crippen molar-refractivity contribution in [3.05, 3.63) is 63.7 Å². The van der Waals surface area contributed by atoms with E-state index in [1.807, 2.05) is 38.1 Å². The maximum absolute atomic E-state index is 11.6. The third-order valence-electron chi connectivity index (χ3n) is 3.28. The van der Waals surface area contributed by atoms with Gasteiger partial charge in [0.25, 0.3) is 0 Å². The minimum atomic E-state index is -0.307. The van der Waals surface area contributed by atoms with Crippen molar-refractivity contribution in [2.24, 2.45) is 0 Å². The Hall–Kier alpha value is -2.00. The van der Waals surface area contributed by atoms with Gasteiger partial charge in [0.15, 0.2) is 0 Å². The molecule has 4 heteroatoms. The molecular formula is C18H19ClO3. The summed E-state index contributed by atoms with van der Waals surface area (Å²) >= 11 is 6.14. The summed E-state index contributed by atoms with van der Waals surface area (Å²) in [6.45, 7) is 6.51. The highest BCUT2D eigenvalue weighted by atomic mass is 35.5. The summed E-state index contributed by atoms with van der Waals surface area (Å²) in [6.07, 6.45) is 0. The Morgan fingerprint density at radius 2 is 1.68 bits per heavy atom. The minimum absolute atomic E-state index is 0.307. The number of hydrogen-bond donors (Lipinski definition) is 0. The molecule has 0 aliphatic rings. The molecule has 0 spiro atoms. The van der Waals surface area contributed by atoms with Crippen molar-refractivity contribution in [3.8, 4) is 5.75 Å². The maximum atomic E-state index is 11.6. The fourth-order valence-corrected chi connectivity index (χ4v) is 2.22. The van der Waals surface area contributed by atoms with Crippen LogP contribution in [0.3, 0.4) is 0 Å². The molecule has 0 radical (unpaired) electrons. The summed E-state index contributed by atoms with van der Waals surface area (Å²) in [7, 11) is 0. The van der Waals surface area contributed by atoms with Gasteiger partial charge in [-0.2, -0.15) is 0 Å². The summed E-state index contributed by atoms with van der Waals surface area (Å²) in [4.78, 5) is 11.6. The van der Waals surface area contributed by atoms with Crippen LogP contribution in [0.1, 0.15) is 34.0 Å². The first kappa shape index (κ1) is 16.4. The van der Waals surface area contributed by atoms with Crippen LogP contribution < -0.4 is 4.74 Å². The first-order valence-corrected chi connectivity index (χ1v) is 7.54. The number of carbonyl (C=O) groups excluding carboxylic acids is 1. The topological polar surface area (TPSA) is 35.5 Å². The van der Waals surface area contributed by atoms with Gasteiger partial charge < -0.3 is 9.47 Å². The van der Waals surface area contributed by atoms with Crippen LogP contribution in [0, 0.1) is 13.8 Å². The second-order valence-electron chi connectivity index (χ2n) is 5.08. The van der Waals surface area contributed by atoms with Crippen molar-refractivity contribution in [2.75, 3.05) is 6.61 Å². The number of aryl methyl sites for hydroxylation is 2. The average Bonchev–Trinajstić information content (AvgIpc) is 2.51. The Bertz CT molecular complexity index is 640. The van der Waals surface area contributed by atoms with E-state index in [4.69, 9.17) is 21.1 Å². The molecule has 0 aliphatic heterocycles. The van der Waals surface area contributed by atoms with E-state index in [2.05, 4.69) is 0 Å². The van der Waals surface area contributed by atoms with Gasteiger partial charge in [-0.1, -0.05) is 23.7 Å². The van der Waals surface area contributed by atoms with Crippen LogP contribution in [0.4, 0.5) is 0 Å². The highest BCUT2D eigenvalue weighted by molar-refractivity contribution is 6.32. The predicted octanol–water partition coefficient (Wildman–Crippen LogP) is 4.71. The third kappa shape index (κ3) is 4.01. The van der Waals surface area contributed by atoms with E-state index < -0.39 is 0 Å². The lowest BCUT2D eigenvalue weighted by atomic mass is 10.1. The summed E-state index contributed by atoms with van der Waals surface area (Å²) in [5, 5.41) is 0.770. The van der Waals surface area contributed by atoms with Crippen molar-refractivity contribution < 1.29 is 14.3 Å². The van der Waals surface area contributed by atoms with E-state index in [9.17, 15) is 4.79 Å². The van der Waals surface area contributed by atoms with Gasteiger partial charge in [0.2, 0.25) is 0 Å². The van der Waals surface area contributed by atoms with Gasteiger partial charge in [0.05, 0.1) is 12.2 Å². The number of halogens is 1. The largest absolute Gasteiger partial charge is 0.489 e. The Balaban J connectivity index is 2.01. The van der Waals surface area contributed by atoms with Crippen molar-refractivity contribution in [1.82, 2.24) is 0 Å². The molecule has 0 fully saturated rings. The molecule has 0 heterocycles. The van der Waals surface area contributed by atoms with E-state index in [1.165, 1.54) is 0 Å². The molecule has 2 aromatic carbocycles. The van der Waals surface area contributed by atoms with Gasteiger partial charge in [-0.3, -0.25) is 0 Å². The number of ether oxygens (including phenoxy) is 2. The third-order valence-corrected chi connectivity index (χ3v) is 3.88. The molecule has 0 atom stereocenters. The van der Waals surface area contributed by atoms with E-state index in [0.717, 1.165) is 27.5 Å². The molecule has 0 amide bonds. The molecule has 0 aliphatic carbocycles. The lowest BCUT2D eigenvalue weighted by molar-refractivity contribution is 0.0526. The van der Waals surface area contributed by atoms with Crippen LogP contribution in [-0.2, 0) is 11.3 Å². The van der Waals surface area contributed by atoms with Crippen molar-refractivity contribution in [3.63, 3.8) is 0 Å². The second-order valence-corrected chi connectivity index (χ2v) is 5.46. The summed E-state index contributed by atoms with van der Waals surface area (Å²) in [6, 6.07) is 11.1. The zero-order chi connectivity index (χ0) is 16.1. The SMILES string of the molecule is CCOC(=O)c1ccc(COc2cc(C)c(Cl)c(C)c2)cc1. The Morgan fingerprint density at radius 3 is 2.23 bits per heavy atom. The van der Waals surface area contributed by atoms with Crippen LogP contribution in [0.5, 0.6) is 5.75 Å². The van der Waals surface area contributed by atoms with E-state index in [-0.39, 0.29) is 5.97 Å². The maximum Gasteiger partial charge on any atom is 0.338 e. The van der Waals surface area contributed by atoms with Crippen molar-refractivity contribution in [1.29, 1.82) is 0 Å². The smallest absolute Gasteiger partial charge is 0.338 e. The number of carbonyl (C=O) groups is 1. The fourth-order valence-electron chi connectivity index (χ4n) is 2.11. The Labute approximate surface area is 135 Å². The van der Waals surface area contributed by atoms with Crippen molar-refractivity contribution in [2.45, 2.75) is 27.4 Å². The van der Waals surface area contributed by atoms with Gasteiger partial charge in [0, 0.05) is 5.02 Å². The van der Waals surface area contributed by atoms with Gasteiger partial charge >= 0.3 is 5.97 Å². The average molecular weight is 319 g/mol. The minimum Gasteiger partial charge on any atom is -0.489 e. The van der Waals surface area contributed by atoms with Crippen LogP contribution >= 0.6 is 11.6 Å². The fraction of sp³-hybridized carbons (Fsp3) is 0.278. The first-order valence-electron chi connectivity index (χ1n) is 7.17. The molecule has 22 heavy (non-hydrogen) atoms. The highest BCUT2D eigenvalue weighted by Crippen LogP contribution is 2.26. The van der Waals surface area contributed by atoms with E-state index in [0.29, 0.717) is 18.8 Å². The molecule has 0 aromatic heterocycles. The monoisotopic (exact) mass is 318 g/mol. The van der Waals surface area contributed by atoms with Crippen LogP contribution in [0.25, 0.3) is 0 Å². The lowest BCUT2D eigenvalue weighted by Gasteiger charge is -2.10. The van der Waals surface area contributed by atoms with Crippen LogP contribution in [0.2, 0.25) is 5.02 Å². The molecule has 2 aromatic rings. The summed E-state index contributed by atoms with van der Waals surface area (Å²) in [5.41, 5.74) is 3.52. The molecule has 116 valence electrons. The number of rotatable bonds is 5. The van der Waals surface area contributed by atoms with Crippen LogP contribution in [-0.4, -0.2) is 12.6 Å². The second kappa shape index (κ2) is 7.32. The zero-order valence-corrected chi connectivity index (χ0v) is 13.7. The van der Waals surface area contributed by atoms with Crippen molar-refractivity contribution >= 4 is 17.6 Å². The lowest BCUT2D eigenvalue weighted by Crippen LogP contribution is -2.04. The normalized spacial score (nSPS) is 10.4. The molecule has 0 bridgehead atoms. The van der Waals surface area contributed by atoms with Gasteiger partial charge in [-0.25, -0.2) is 4.79 Å². The standard InChI is InChI=1S/C18H19ClO3/c1-4-21-18(20)15-7-5-14(6-8-15)11-22-16-9-12(2)17(19)13(3)10-16/h5-10H,4,11H2,1-3H3. The Kier molecular flexibility index (Phi) is 5.45. The summed E-state index contributed by atoms with van der Waals surface area (Å²) in [5.74, 6) is 0.479. The number of hydrogen-bond acceptors (Lipinski definition) is 3. The molecule has 0 saturated heterocycles. The van der Waals surface area contributed by atoms with E-state index in [1.54, 1.807) is 19.1 Å². The summed E-state index contributed by atoms with van der Waals surface area (Å²) < 4.78 is 10.7. The molecule has 2 rings (SSSR count). The van der Waals surface area contributed by atoms with Crippen LogP contribution in [0.15, 0.2) is 36.4 Å². The molecule has 0 N–H and O–H groups in total. The quantitative estimate of drug-likeness (QED) is 0.749. The molecule has 0 saturated carbocycles. The number of esters is 1.